The number of rotatable bonds is 28. The highest BCUT2D eigenvalue weighted by Crippen LogP contribution is 2.27. The summed E-state index contributed by atoms with van der Waals surface area (Å²) in [7, 11) is 4.01. The molecule has 18 heteroatoms. The summed E-state index contributed by atoms with van der Waals surface area (Å²) < 4.78 is 30.1. The lowest BCUT2D eigenvalue weighted by molar-refractivity contribution is -0.170. The monoisotopic (exact) mass is 924 g/mol. The molecule has 0 bridgehead atoms. The Labute approximate surface area is 328 Å². The van der Waals surface area contributed by atoms with E-state index in [0.29, 0.717) is 26.2 Å². The highest BCUT2D eigenvalue weighted by atomic mass is 79.9. The molecule has 2 amide bonds. The van der Waals surface area contributed by atoms with Crippen molar-refractivity contribution < 1.29 is 52.4 Å². The Kier molecular flexibility index (Phi) is 24.1. The van der Waals surface area contributed by atoms with Gasteiger partial charge in [-0.3, -0.25) is 24.0 Å². The van der Waals surface area contributed by atoms with Crippen LogP contribution in [0.25, 0.3) is 0 Å². The molecule has 0 aliphatic carbocycles. The normalized spacial score (nSPS) is 13.0. The largest absolute Gasteiger partial charge is 0.464 e. The lowest BCUT2D eigenvalue weighted by Crippen LogP contribution is -2.47. The standard InChI is InChI=1S/C33H59Br3N4O11/c1-30(2,34)27(43)49-21-33(22-50-28(44)31(3,4)35,23-51-29(45)32(5,6)36)20-48-19-25(41)38-12-15-46-17-18-47-16-13-39-26(42)24(37)11-9-10-14-40(7)8/h24H,9-23,37H2,1-8H3,(H,38,41)(H,39,42)/t24-/m0/s1. The van der Waals surface area contributed by atoms with Gasteiger partial charge in [0.05, 0.1) is 44.5 Å². The number of esters is 3. The van der Waals surface area contributed by atoms with Crippen molar-refractivity contribution in [3.8, 4) is 0 Å². The second-order valence-corrected chi connectivity index (χ2v) is 19.9. The molecule has 0 aromatic rings. The predicted molar refractivity (Wildman–Crippen MR) is 203 cm³/mol. The summed E-state index contributed by atoms with van der Waals surface area (Å²) in [5, 5.41) is 5.43. The van der Waals surface area contributed by atoms with Gasteiger partial charge in [0.15, 0.2) is 0 Å². The minimum Gasteiger partial charge on any atom is -0.464 e. The second-order valence-electron chi connectivity index (χ2n) is 13.9. The van der Waals surface area contributed by atoms with Crippen LogP contribution in [0, 0.1) is 5.41 Å². The molecular weight excluding hydrogens is 868 g/mol. The topological polar surface area (TPSA) is 194 Å². The van der Waals surface area contributed by atoms with Gasteiger partial charge in [-0.15, -0.1) is 0 Å². The van der Waals surface area contributed by atoms with Crippen LogP contribution in [0.15, 0.2) is 0 Å². The van der Waals surface area contributed by atoms with E-state index in [1.807, 2.05) is 14.1 Å². The average molecular weight is 928 g/mol. The molecule has 0 saturated carbocycles. The first-order valence-electron chi connectivity index (χ1n) is 16.8. The molecule has 0 saturated heterocycles. The Hall–Kier alpha value is -1.41. The summed E-state index contributed by atoms with van der Waals surface area (Å²) in [5.41, 5.74) is 4.59. The zero-order chi connectivity index (χ0) is 39.3. The van der Waals surface area contributed by atoms with E-state index in [2.05, 4.69) is 63.3 Å². The number of amides is 2. The molecule has 0 radical (unpaired) electrons. The molecule has 0 rings (SSSR count). The molecule has 0 heterocycles. The highest BCUT2D eigenvalue weighted by Gasteiger charge is 2.41. The van der Waals surface area contributed by atoms with Crippen molar-refractivity contribution in [3.05, 3.63) is 0 Å². The summed E-state index contributed by atoms with van der Waals surface area (Å²) >= 11 is 9.77. The zero-order valence-corrected chi connectivity index (χ0v) is 36.1. The maximum absolute atomic E-state index is 12.6. The molecule has 0 aromatic heterocycles. The van der Waals surface area contributed by atoms with Crippen molar-refractivity contribution in [2.75, 3.05) is 93.2 Å². The van der Waals surface area contributed by atoms with Crippen LogP contribution < -0.4 is 16.4 Å². The van der Waals surface area contributed by atoms with E-state index >= 15 is 0 Å². The van der Waals surface area contributed by atoms with Crippen LogP contribution in [0.1, 0.15) is 60.8 Å². The van der Waals surface area contributed by atoms with Crippen LogP contribution in [0.4, 0.5) is 0 Å². The average Bonchev–Trinajstić information content (AvgIpc) is 3.02. The summed E-state index contributed by atoms with van der Waals surface area (Å²) in [6.07, 6.45) is 2.50. The van der Waals surface area contributed by atoms with E-state index in [-0.39, 0.29) is 58.7 Å². The van der Waals surface area contributed by atoms with Gasteiger partial charge in [-0.2, -0.15) is 0 Å². The van der Waals surface area contributed by atoms with Gasteiger partial charge < -0.3 is 49.7 Å². The van der Waals surface area contributed by atoms with E-state index < -0.39 is 48.2 Å². The number of hydrogen-bond donors (Lipinski definition) is 3. The summed E-state index contributed by atoms with van der Waals surface area (Å²) in [6.45, 7) is 10.5. The molecule has 0 aromatic carbocycles. The number of carbonyl (C=O) groups is 5. The minimum absolute atomic E-state index is 0.198. The van der Waals surface area contributed by atoms with E-state index in [0.717, 1.165) is 19.4 Å². The third-order valence-corrected chi connectivity index (χ3v) is 7.79. The fraction of sp³-hybridized carbons (Fsp3) is 0.848. The smallest absolute Gasteiger partial charge is 0.322 e. The van der Waals surface area contributed by atoms with Gasteiger partial charge in [-0.1, -0.05) is 54.2 Å². The number of halogens is 3. The lowest BCUT2D eigenvalue weighted by Gasteiger charge is -2.34. The molecule has 4 N–H and O–H groups in total. The van der Waals surface area contributed by atoms with E-state index in [1.54, 1.807) is 41.5 Å². The minimum atomic E-state index is -1.35. The van der Waals surface area contributed by atoms with Crippen molar-refractivity contribution >= 4 is 77.5 Å². The Balaban J connectivity index is 4.80. The predicted octanol–water partition coefficient (Wildman–Crippen LogP) is 2.46. The van der Waals surface area contributed by atoms with Crippen molar-refractivity contribution in [2.24, 2.45) is 11.1 Å². The Morgan fingerprint density at radius 2 is 1.08 bits per heavy atom. The van der Waals surface area contributed by atoms with Gasteiger partial charge in [0, 0.05) is 13.1 Å². The molecule has 0 aliphatic rings. The number of nitrogens with one attached hydrogen (secondary N) is 2. The molecule has 298 valence electrons. The van der Waals surface area contributed by atoms with Crippen LogP contribution in [-0.4, -0.2) is 147 Å². The first-order chi connectivity index (χ1) is 23.5. The molecular formula is C33H59Br3N4O11. The zero-order valence-electron chi connectivity index (χ0n) is 31.3. The van der Waals surface area contributed by atoms with Gasteiger partial charge in [0.1, 0.15) is 39.4 Å². The van der Waals surface area contributed by atoms with Crippen molar-refractivity contribution in [3.63, 3.8) is 0 Å². The van der Waals surface area contributed by atoms with Crippen LogP contribution in [0.2, 0.25) is 0 Å². The first kappa shape index (κ1) is 49.6. The molecule has 0 unspecified atom stereocenters. The quantitative estimate of drug-likeness (QED) is 0.0449. The van der Waals surface area contributed by atoms with E-state index in [4.69, 9.17) is 34.2 Å². The summed E-state index contributed by atoms with van der Waals surface area (Å²) in [5.74, 6) is -2.48. The van der Waals surface area contributed by atoms with Gasteiger partial charge >= 0.3 is 17.9 Å². The lowest BCUT2D eigenvalue weighted by atomic mass is 9.92. The second kappa shape index (κ2) is 24.8. The number of ether oxygens (including phenoxy) is 6. The Bertz CT molecular complexity index is 1000. The Morgan fingerprint density at radius 3 is 1.49 bits per heavy atom. The fourth-order valence-corrected chi connectivity index (χ4v) is 4.06. The van der Waals surface area contributed by atoms with Gasteiger partial charge in [0.25, 0.3) is 0 Å². The first-order valence-corrected chi connectivity index (χ1v) is 19.1. The van der Waals surface area contributed by atoms with Gasteiger partial charge in [0.2, 0.25) is 11.8 Å². The number of nitrogens with zero attached hydrogens (tertiary/aromatic N) is 1. The number of nitrogens with two attached hydrogens (primary N) is 1. The third-order valence-electron chi connectivity index (χ3n) is 6.82. The maximum atomic E-state index is 12.6. The summed E-state index contributed by atoms with van der Waals surface area (Å²) in [4.78, 5) is 64.5. The van der Waals surface area contributed by atoms with Crippen LogP contribution in [0.5, 0.6) is 0 Å². The number of unbranched alkanes of at least 4 members (excludes halogenated alkanes) is 1. The number of carbonyl (C=O) groups excluding carboxylic acids is 5. The number of alkyl halides is 3. The molecule has 1 atom stereocenters. The molecule has 0 fully saturated rings. The summed E-state index contributed by atoms with van der Waals surface area (Å²) in [6, 6.07) is -0.539. The SMILES string of the molecule is CN(C)CCCC[C@H](N)C(=O)NCCOCCOCCNC(=O)COCC(COC(=O)C(C)(C)Br)(COC(=O)C(C)(C)Br)COC(=O)C(C)(C)Br. The van der Waals surface area contributed by atoms with Gasteiger partial charge in [-0.25, -0.2) is 0 Å². The van der Waals surface area contributed by atoms with E-state index in [1.165, 1.54) is 0 Å². The van der Waals surface area contributed by atoms with Crippen molar-refractivity contribution in [2.45, 2.75) is 79.8 Å². The Morgan fingerprint density at radius 1 is 0.647 bits per heavy atom. The molecule has 51 heavy (non-hydrogen) atoms. The molecule has 0 aliphatic heterocycles. The van der Waals surface area contributed by atoms with E-state index in [9.17, 15) is 24.0 Å². The fourth-order valence-electron chi connectivity index (χ4n) is 3.72. The van der Waals surface area contributed by atoms with Crippen molar-refractivity contribution in [1.82, 2.24) is 15.5 Å². The van der Waals surface area contributed by atoms with Crippen LogP contribution >= 0.6 is 47.8 Å². The maximum Gasteiger partial charge on any atom is 0.322 e. The molecule has 0 spiro atoms. The van der Waals surface area contributed by atoms with Crippen molar-refractivity contribution in [1.29, 1.82) is 0 Å². The third kappa shape index (κ3) is 24.5. The highest BCUT2D eigenvalue weighted by molar-refractivity contribution is 9.10. The van der Waals surface area contributed by atoms with Crippen LogP contribution in [0.3, 0.4) is 0 Å². The number of hydrogen-bond acceptors (Lipinski definition) is 13. The van der Waals surface area contributed by atoms with Gasteiger partial charge in [-0.05, 0) is 75.0 Å². The van der Waals surface area contributed by atoms with Crippen LogP contribution in [-0.2, 0) is 52.4 Å². The molecule has 15 nitrogen and oxygen atoms in total.